The molecule has 6 aromatic carbocycles. The Morgan fingerprint density at radius 1 is 0.283 bits per heavy atom. The van der Waals surface area contributed by atoms with Crippen LogP contribution < -0.4 is 18.9 Å². The average Bonchev–Trinajstić information content (AvgIpc) is 0.800. The number of benzene rings is 6. The highest BCUT2D eigenvalue weighted by Crippen LogP contribution is 2.49. The molecule has 0 saturated heterocycles. The minimum atomic E-state index is -0.227. The Bertz CT molecular complexity index is 2900. The molecule has 10 nitrogen and oxygen atoms in total. The van der Waals surface area contributed by atoms with Gasteiger partial charge in [-0.15, -0.1) is 0 Å². The summed E-state index contributed by atoms with van der Waals surface area (Å²) in [4.78, 5) is 0. The van der Waals surface area contributed by atoms with Gasteiger partial charge < -0.3 is 48.1 Å². The molecule has 2 N–H and O–H groups in total. The van der Waals surface area contributed by atoms with Gasteiger partial charge in [0.25, 0.3) is 0 Å². The van der Waals surface area contributed by atoms with Crippen molar-refractivity contribution in [3.63, 3.8) is 0 Å². The lowest BCUT2D eigenvalue weighted by molar-refractivity contribution is -0.132. The summed E-state index contributed by atoms with van der Waals surface area (Å²) >= 11 is 0. The molecule has 10 heteroatoms. The summed E-state index contributed by atoms with van der Waals surface area (Å²) in [6, 6.07) is 48.6. The summed E-state index contributed by atoms with van der Waals surface area (Å²) in [5.74, 6) is 11.2. The van der Waals surface area contributed by atoms with Crippen molar-refractivity contribution < 1.29 is 48.1 Å². The van der Waals surface area contributed by atoms with Gasteiger partial charge in [-0.25, -0.2) is 0 Å². The lowest BCUT2D eigenvalue weighted by Gasteiger charge is -2.47. The molecule has 0 radical (unpaired) electrons. The molecule has 2 aliphatic rings. The Morgan fingerprint density at radius 3 is 0.670 bits per heavy atom. The molecule has 2 fully saturated rings. The van der Waals surface area contributed by atoms with Gasteiger partial charge in [0.2, 0.25) is 0 Å². The van der Waals surface area contributed by atoms with E-state index in [-0.39, 0.29) is 25.2 Å². The SMILES string of the molecule is CCC(C)C.CCC(C)c1ccc(O)cc1.CCC(C)c1ccc(O)cc1.CCC(C)c1ccc(OC(C)OC2CCC(C(C)(C)C3CCC(OC(C)Oc4ccc(C(C)CC)cc4)CC3)CC2)cc1.CCC(C)c1ccc(OC(C)OCC(C)C)cc1.CCC(C)c1ccc(OC(C)OCC(C)C)cc1. The number of rotatable bonds is 33. The van der Waals surface area contributed by atoms with Crippen molar-refractivity contribution >= 4 is 0 Å². The van der Waals surface area contributed by atoms with Crippen molar-refractivity contribution in [3.8, 4) is 34.5 Å². The average molecular weight is 1470 g/mol. The van der Waals surface area contributed by atoms with Gasteiger partial charge in [0.15, 0.2) is 25.2 Å². The van der Waals surface area contributed by atoms with Crippen LogP contribution in [0.2, 0.25) is 0 Å². The lowest BCUT2D eigenvalue weighted by atomic mass is 9.60. The van der Waals surface area contributed by atoms with E-state index in [1.807, 2.05) is 76.2 Å². The smallest absolute Gasteiger partial charge is 0.197 e. The fourth-order valence-electron chi connectivity index (χ4n) is 12.8. The first kappa shape index (κ1) is 94.2. The largest absolute Gasteiger partial charge is 0.508 e. The van der Waals surface area contributed by atoms with Crippen molar-refractivity contribution in [2.24, 2.45) is 35.0 Å². The van der Waals surface area contributed by atoms with Gasteiger partial charge in [-0.05, 0) is 294 Å². The van der Waals surface area contributed by atoms with E-state index in [4.69, 9.17) is 48.1 Å². The molecular weight excluding hydrogens is 1310 g/mol. The maximum Gasteiger partial charge on any atom is 0.197 e. The van der Waals surface area contributed by atoms with Crippen LogP contribution in [-0.2, 0) is 18.9 Å². The second-order valence-electron chi connectivity index (χ2n) is 32.4. The molecule has 2 saturated carbocycles. The van der Waals surface area contributed by atoms with Gasteiger partial charge in [0.05, 0.1) is 25.4 Å². The molecular formula is C96H152O10. The van der Waals surface area contributed by atoms with E-state index in [9.17, 15) is 0 Å². The van der Waals surface area contributed by atoms with Crippen molar-refractivity contribution in [2.45, 2.75) is 342 Å². The number of ether oxygens (including phenoxy) is 8. The minimum absolute atomic E-state index is 0.193. The Hall–Kier alpha value is -6.04. The summed E-state index contributed by atoms with van der Waals surface area (Å²) in [6.07, 6.45) is 17.4. The zero-order valence-corrected chi connectivity index (χ0v) is 71.4. The highest BCUT2D eigenvalue weighted by atomic mass is 16.7. The molecule has 6 aromatic rings. The van der Waals surface area contributed by atoms with Crippen LogP contribution in [0.5, 0.6) is 34.5 Å². The van der Waals surface area contributed by atoms with Gasteiger partial charge in [-0.2, -0.15) is 0 Å². The third-order valence-corrected chi connectivity index (χ3v) is 22.0. The van der Waals surface area contributed by atoms with Gasteiger partial charge in [-0.1, -0.05) is 225 Å². The Balaban J connectivity index is 0.000000381. The van der Waals surface area contributed by atoms with E-state index in [2.05, 4.69) is 218 Å². The van der Waals surface area contributed by atoms with E-state index in [1.165, 1.54) is 65.5 Å². The van der Waals surface area contributed by atoms with Gasteiger partial charge in [0, 0.05) is 0 Å². The molecule has 0 aromatic heterocycles. The molecule has 596 valence electrons. The first-order chi connectivity index (χ1) is 50.4. The van der Waals surface area contributed by atoms with E-state index >= 15 is 0 Å². The fourth-order valence-corrected chi connectivity index (χ4v) is 12.8. The van der Waals surface area contributed by atoms with Gasteiger partial charge in [0.1, 0.15) is 34.5 Å². The molecule has 0 bridgehead atoms. The highest BCUT2D eigenvalue weighted by Gasteiger charge is 2.41. The van der Waals surface area contributed by atoms with E-state index in [1.54, 1.807) is 24.3 Å². The molecule has 0 aliphatic heterocycles. The van der Waals surface area contributed by atoms with Crippen LogP contribution in [0.3, 0.4) is 0 Å². The summed E-state index contributed by atoms with van der Waals surface area (Å²) in [7, 11) is 0. The molecule has 8 rings (SSSR count). The molecule has 10 atom stereocenters. The third kappa shape index (κ3) is 36.9. The van der Waals surface area contributed by atoms with E-state index in [0.29, 0.717) is 76.5 Å². The number of phenolic OH excluding ortho intramolecular Hbond substituents is 2. The molecule has 106 heavy (non-hydrogen) atoms. The zero-order chi connectivity index (χ0) is 78.9. The topological polar surface area (TPSA) is 114 Å². The lowest BCUT2D eigenvalue weighted by Crippen LogP contribution is -2.40. The summed E-state index contributed by atoms with van der Waals surface area (Å²) in [5, 5.41) is 18.0. The van der Waals surface area contributed by atoms with Crippen LogP contribution in [0.25, 0.3) is 0 Å². The van der Waals surface area contributed by atoms with Crippen LogP contribution in [0.15, 0.2) is 146 Å². The number of phenols is 2. The van der Waals surface area contributed by atoms with Crippen molar-refractivity contribution in [3.05, 3.63) is 179 Å². The van der Waals surface area contributed by atoms with Crippen LogP contribution in [0.4, 0.5) is 0 Å². The van der Waals surface area contributed by atoms with Crippen LogP contribution in [0, 0.1) is 35.0 Å². The minimum Gasteiger partial charge on any atom is -0.508 e. The quantitative estimate of drug-likeness (QED) is 0.0386. The predicted octanol–water partition coefficient (Wildman–Crippen LogP) is 28.1. The summed E-state index contributed by atoms with van der Waals surface area (Å²) < 4.78 is 47.6. The zero-order valence-electron chi connectivity index (χ0n) is 71.4. The van der Waals surface area contributed by atoms with Gasteiger partial charge >= 0.3 is 0 Å². The first-order valence-corrected chi connectivity index (χ1v) is 41.6. The highest BCUT2D eigenvalue weighted by molar-refractivity contribution is 5.33. The van der Waals surface area contributed by atoms with Crippen LogP contribution in [0.1, 0.15) is 338 Å². The van der Waals surface area contributed by atoms with Gasteiger partial charge in [-0.3, -0.25) is 0 Å². The summed E-state index contributed by atoms with van der Waals surface area (Å²) in [6.45, 7) is 56.2. The monoisotopic (exact) mass is 1470 g/mol. The molecule has 2 aliphatic carbocycles. The number of hydrogen-bond donors (Lipinski definition) is 2. The first-order valence-electron chi connectivity index (χ1n) is 41.6. The Labute approximate surface area is 648 Å². The van der Waals surface area contributed by atoms with Crippen LogP contribution in [-0.4, -0.2) is 60.8 Å². The second kappa shape index (κ2) is 51.4. The molecule has 10 unspecified atom stereocenters. The number of aromatic hydroxyl groups is 2. The van der Waals surface area contributed by atoms with E-state index < -0.39 is 0 Å². The van der Waals surface area contributed by atoms with E-state index in [0.717, 1.165) is 118 Å². The summed E-state index contributed by atoms with van der Waals surface area (Å²) in [5.41, 5.74) is 8.39. The second-order valence-corrected chi connectivity index (χ2v) is 32.4. The maximum absolute atomic E-state index is 9.01. The number of hydrogen-bond acceptors (Lipinski definition) is 10. The fraction of sp³-hybridized carbons (Fsp3) is 0.625. The maximum atomic E-state index is 9.01. The third-order valence-electron chi connectivity index (χ3n) is 22.0. The molecule has 0 amide bonds. The normalized spacial score (nSPS) is 18.6. The van der Waals surface area contributed by atoms with Crippen LogP contribution >= 0.6 is 0 Å². The predicted molar refractivity (Wildman–Crippen MR) is 449 cm³/mol. The Kier molecular flexibility index (Phi) is 45.6. The van der Waals surface area contributed by atoms with Crippen molar-refractivity contribution in [1.29, 1.82) is 0 Å². The molecule has 0 spiro atoms. The molecule has 0 heterocycles. The Morgan fingerprint density at radius 2 is 0.481 bits per heavy atom. The van der Waals surface area contributed by atoms with Crippen molar-refractivity contribution in [1.82, 2.24) is 0 Å². The van der Waals surface area contributed by atoms with Crippen molar-refractivity contribution in [2.75, 3.05) is 13.2 Å². The standard InChI is InChI=1S/C39H60O4.2C16H26O2.2C10H14O.C5H12/c1-9-27(3)31-11-19-35(20-12-31)40-29(5)42-37-23-15-33(16-24-37)39(7,8)34-17-25-38(26-18-34)43-30(6)41-36-21-13-32(14-22-36)28(4)10-2;2*1-6-13(4)15-7-9-16(10-8-15)18-14(5)17-11-12(2)3;2*1-3-8(2)9-4-6-10(11)7-5-9;1-4-5(2)3/h11-14,19-22,27-30,33-34,37-38H,9-10,15-18,23-26H2,1-8H3;2*7-10,12-14H,6,11H2,1-5H3;2*4-8,11H,3H2,1-2H3;5H,4H2,1-3H3.